The summed E-state index contributed by atoms with van der Waals surface area (Å²) in [5, 5.41) is 7.93. The summed E-state index contributed by atoms with van der Waals surface area (Å²) in [6, 6.07) is 17.2. The Balaban J connectivity index is 0.990. The van der Waals surface area contributed by atoms with E-state index in [1.165, 1.54) is 4.90 Å². The number of benzene rings is 3. The van der Waals surface area contributed by atoms with E-state index in [1.807, 2.05) is 24.3 Å². The number of nitrogens with zero attached hydrogens (tertiary/aromatic N) is 1. The molecule has 3 aliphatic rings. The number of amides is 5. The maximum Gasteiger partial charge on any atom is 0.319 e. The third kappa shape index (κ3) is 6.51. The lowest BCUT2D eigenvalue weighted by Gasteiger charge is -2.29. The summed E-state index contributed by atoms with van der Waals surface area (Å²) in [6.07, 6.45) is 0.537. The number of urea groups is 1. The van der Waals surface area contributed by atoms with Crippen LogP contribution in [0.2, 0.25) is 0 Å². The van der Waals surface area contributed by atoms with Crippen molar-refractivity contribution in [2.24, 2.45) is 5.73 Å². The number of hydrogen-bond acceptors (Lipinski definition) is 8. The fraction of sp³-hybridized carbons (Fsp3) is 0.312. The summed E-state index contributed by atoms with van der Waals surface area (Å²) in [5.74, 6) is 0.364. The molecule has 0 aliphatic carbocycles. The second kappa shape index (κ2) is 12.7. The number of ether oxygens (including phenoxy) is 3. The number of nitrogens with one attached hydrogen (secondary N) is 3. The topological polar surface area (TPSA) is 161 Å². The van der Waals surface area contributed by atoms with Gasteiger partial charge in [0.1, 0.15) is 30.3 Å². The second-order valence-corrected chi connectivity index (χ2v) is 10.9. The van der Waals surface area contributed by atoms with Crippen LogP contribution in [0.3, 0.4) is 0 Å². The fourth-order valence-corrected chi connectivity index (χ4v) is 5.31. The molecule has 0 radical (unpaired) electrons. The second-order valence-electron chi connectivity index (χ2n) is 10.9. The van der Waals surface area contributed by atoms with Crippen LogP contribution < -0.4 is 31.2 Å². The first-order valence-corrected chi connectivity index (χ1v) is 14.5. The molecule has 0 saturated carbocycles. The van der Waals surface area contributed by atoms with Crippen molar-refractivity contribution in [2.75, 3.05) is 18.5 Å². The first-order valence-electron chi connectivity index (χ1n) is 14.5. The highest BCUT2D eigenvalue weighted by Crippen LogP contribution is 2.29. The van der Waals surface area contributed by atoms with Crippen LogP contribution in [0.1, 0.15) is 45.5 Å². The molecule has 228 valence electrons. The van der Waals surface area contributed by atoms with Gasteiger partial charge in [0.05, 0.1) is 13.2 Å². The molecule has 3 aromatic rings. The van der Waals surface area contributed by atoms with E-state index in [0.29, 0.717) is 49.8 Å². The van der Waals surface area contributed by atoms with Gasteiger partial charge in [0, 0.05) is 42.9 Å². The van der Waals surface area contributed by atoms with Crippen molar-refractivity contribution >= 4 is 29.4 Å². The highest BCUT2D eigenvalue weighted by atomic mass is 16.6. The molecule has 5 N–H and O–H groups in total. The average molecular weight is 600 g/mol. The minimum atomic E-state index is -0.668. The Morgan fingerprint density at radius 1 is 1.02 bits per heavy atom. The van der Waals surface area contributed by atoms with Gasteiger partial charge in [-0.2, -0.15) is 0 Å². The number of anilines is 1. The van der Waals surface area contributed by atoms with Crippen LogP contribution in [0.4, 0.5) is 10.5 Å². The molecule has 3 aliphatic heterocycles. The van der Waals surface area contributed by atoms with Crippen LogP contribution in [0.15, 0.2) is 60.7 Å². The van der Waals surface area contributed by atoms with Gasteiger partial charge < -0.3 is 35.5 Å². The zero-order valence-electron chi connectivity index (χ0n) is 24.0. The van der Waals surface area contributed by atoms with E-state index in [0.717, 1.165) is 28.0 Å². The van der Waals surface area contributed by atoms with Gasteiger partial charge in [-0.05, 0) is 59.5 Å². The molecular formula is C32H33N5O7. The highest BCUT2D eigenvalue weighted by Gasteiger charge is 2.39. The number of rotatable bonds is 10. The third-order valence-electron chi connectivity index (χ3n) is 7.82. The predicted octanol–water partition coefficient (Wildman–Crippen LogP) is 2.58. The first-order chi connectivity index (χ1) is 21.4. The summed E-state index contributed by atoms with van der Waals surface area (Å²) < 4.78 is 17.2. The molecule has 3 aromatic carbocycles. The van der Waals surface area contributed by atoms with Crippen molar-refractivity contribution in [1.82, 2.24) is 15.5 Å². The minimum Gasteiger partial charge on any atom is -0.489 e. The van der Waals surface area contributed by atoms with Crippen molar-refractivity contribution < 1.29 is 33.4 Å². The van der Waals surface area contributed by atoms with Gasteiger partial charge in [-0.1, -0.05) is 24.3 Å². The Kier molecular flexibility index (Phi) is 8.44. The molecule has 0 spiro atoms. The van der Waals surface area contributed by atoms with Gasteiger partial charge in [0.15, 0.2) is 0 Å². The fourth-order valence-electron chi connectivity index (χ4n) is 5.31. The van der Waals surface area contributed by atoms with Crippen LogP contribution in [0, 0.1) is 0 Å². The van der Waals surface area contributed by atoms with E-state index < -0.39 is 11.9 Å². The largest absolute Gasteiger partial charge is 0.489 e. The van der Waals surface area contributed by atoms with Crippen molar-refractivity contribution in [3.63, 3.8) is 0 Å². The number of carbonyl (C=O) groups excluding carboxylic acids is 4. The molecule has 2 saturated heterocycles. The monoisotopic (exact) mass is 599 g/mol. The van der Waals surface area contributed by atoms with E-state index in [4.69, 9.17) is 19.9 Å². The normalized spacial score (nSPS) is 17.9. The molecule has 44 heavy (non-hydrogen) atoms. The summed E-state index contributed by atoms with van der Waals surface area (Å²) in [4.78, 5) is 50.7. The van der Waals surface area contributed by atoms with Gasteiger partial charge in [-0.15, -0.1) is 0 Å². The molecule has 5 amide bonds. The molecule has 12 heteroatoms. The van der Waals surface area contributed by atoms with Crippen LogP contribution in [0.5, 0.6) is 11.5 Å². The Hall–Kier alpha value is -4.94. The zero-order chi connectivity index (χ0) is 30.6. The summed E-state index contributed by atoms with van der Waals surface area (Å²) in [5.41, 5.74) is 10.4. The minimum absolute atomic E-state index is 0.0283. The lowest BCUT2D eigenvalue weighted by atomic mass is 10.0. The van der Waals surface area contributed by atoms with Gasteiger partial charge >= 0.3 is 6.03 Å². The van der Waals surface area contributed by atoms with E-state index in [9.17, 15) is 19.2 Å². The van der Waals surface area contributed by atoms with Crippen LogP contribution in [-0.2, 0) is 40.6 Å². The Morgan fingerprint density at radius 2 is 1.82 bits per heavy atom. The van der Waals surface area contributed by atoms with Crippen LogP contribution in [0.25, 0.3) is 0 Å². The molecule has 3 heterocycles. The molecule has 12 nitrogen and oxygen atoms in total. The number of hydrogen-bond donors (Lipinski definition) is 4. The Labute approximate surface area is 253 Å². The number of carbonyl (C=O) groups is 4. The maximum absolute atomic E-state index is 12.9. The molecular weight excluding hydrogens is 566 g/mol. The van der Waals surface area contributed by atoms with E-state index >= 15 is 0 Å². The van der Waals surface area contributed by atoms with Gasteiger partial charge in [-0.25, -0.2) is 4.79 Å². The van der Waals surface area contributed by atoms with E-state index in [2.05, 4.69) is 16.0 Å². The molecule has 0 bridgehead atoms. The third-order valence-corrected chi connectivity index (χ3v) is 7.82. The van der Waals surface area contributed by atoms with Gasteiger partial charge in [0.25, 0.3) is 5.91 Å². The Bertz CT molecular complexity index is 1590. The maximum atomic E-state index is 12.9. The lowest BCUT2D eigenvalue weighted by Crippen LogP contribution is -2.52. The van der Waals surface area contributed by atoms with Crippen molar-refractivity contribution in [2.45, 2.75) is 51.2 Å². The predicted molar refractivity (Wildman–Crippen MR) is 159 cm³/mol. The standard InChI is InChI=1S/C32H33N5O7/c33-13-19-1-3-21(28(12-19)44-25-17-42-18-25)16-43-24-6-4-23(5-7-24)35-32(41)34-14-20-2-8-26-22(11-20)15-37(31(26)40)27-9-10-29(38)36-30(27)39/h1-8,11-12,25,27H,9-10,13-18,33H2,(H2,34,35,41)(H,36,38,39). The highest BCUT2D eigenvalue weighted by molar-refractivity contribution is 6.05. The number of piperidine rings is 1. The van der Waals surface area contributed by atoms with Crippen molar-refractivity contribution in [3.8, 4) is 11.5 Å². The van der Waals surface area contributed by atoms with Crippen LogP contribution in [-0.4, -0.2) is 54.0 Å². The summed E-state index contributed by atoms with van der Waals surface area (Å²) in [6.45, 7) is 2.37. The quantitative estimate of drug-likeness (QED) is 0.259. The van der Waals surface area contributed by atoms with Crippen LogP contribution >= 0.6 is 0 Å². The summed E-state index contributed by atoms with van der Waals surface area (Å²) in [7, 11) is 0. The SMILES string of the molecule is NCc1ccc(COc2ccc(NC(=O)NCc3ccc4c(c3)CN(C3CCC(=O)NC3=O)C4=O)cc2)c(OC2COC2)c1. The van der Waals surface area contributed by atoms with Gasteiger partial charge in [-0.3, -0.25) is 19.7 Å². The zero-order valence-corrected chi connectivity index (χ0v) is 24.0. The number of fused-ring (bicyclic) bond motifs is 1. The number of imide groups is 1. The average Bonchev–Trinajstić information content (AvgIpc) is 3.32. The molecule has 6 rings (SSSR count). The molecule has 2 fully saturated rings. The van der Waals surface area contributed by atoms with Crippen molar-refractivity contribution in [1.29, 1.82) is 0 Å². The first kappa shape index (κ1) is 29.1. The smallest absolute Gasteiger partial charge is 0.319 e. The molecule has 1 unspecified atom stereocenters. The lowest BCUT2D eigenvalue weighted by molar-refractivity contribution is -0.136. The Morgan fingerprint density at radius 3 is 2.55 bits per heavy atom. The van der Waals surface area contributed by atoms with Gasteiger partial charge in [0.2, 0.25) is 11.8 Å². The number of nitrogens with two attached hydrogens (primary N) is 1. The van der Waals surface area contributed by atoms with Crippen molar-refractivity contribution in [3.05, 3.63) is 88.5 Å². The van der Waals surface area contributed by atoms with E-state index in [-0.39, 0.29) is 43.5 Å². The molecule has 1 atom stereocenters. The van der Waals surface area contributed by atoms with E-state index in [1.54, 1.807) is 36.4 Å². The summed E-state index contributed by atoms with van der Waals surface area (Å²) >= 11 is 0. The molecule has 0 aromatic heterocycles.